The zero-order valence-corrected chi connectivity index (χ0v) is 12.3. The van der Waals surface area contributed by atoms with Crippen LogP contribution in [-0.2, 0) is 20.9 Å². The van der Waals surface area contributed by atoms with Gasteiger partial charge in [-0.05, 0) is 37.1 Å². The second-order valence-corrected chi connectivity index (χ2v) is 4.51. The Labute approximate surface area is 124 Å². The second kappa shape index (κ2) is 9.10. The third-order valence-electron chi connectivity index (χ3n) is 2.73. The van der Waals surface area contributed by atoms with Crippen LogP contribution in [0.5, 0.6) is 0 Å². The van der Waals surface area contributed by atoms with Crippen molar-refractivity contribution in [1.82, 2.24) is 0 Å². The minimum absolute atomic E-state index is 0.120. The molecule has 1 amide bonds. The maximum absolute atomic E-state index is 11.8. The van der Waals surface area contributed by atoms with E-state index in [0.29, 0.717) is 37.3 Å². The first-order valence-corrected chi connectivity index (χ1v) is 6.80. The van der Waals surface area contributed by atoms with Gasteiger partial charge >= 0.3 is 5.97 Å². The average molecular weight is 295 g/mol. The summed E-state index contributed by atoms with van der Waals surface area (Å²) in [5.74, 6) is -1.21. The van der Waals surface area contributed by atoms with Gasteiger partial charge in [0.1, 0.15) is 0 Å². The fraction of sp³-hybridized carbons (Fsp3) is 0.467. The first kappa shape index (κ1) is 17.1. The Morgan fingerprint density at radius 3 is 2.67 bits per heavy atom. The van der Waals surface area contributed by atoms with E-state index in [9.17, 15) is 9.59 Å². The quantitative estimate of drug-likeness (QED) is 0.683. The van der Waals surface area contributed by atoms with Crippen molar-refractivity contribution in [2.75, 3.05) is 25.6 Å². The van der Waals surface area contributed by atoms with Crippen molar-refractivity contribution < 1.29 is 24.2 Å². The van der Waals surface area contributed by atoms with Gasteiger partial charge in [-0.15, -0.1) is 0 Å². The largest absolute Gasteiger partial charge is 0.478 e. The Bertz CT molecular complexity index is 487. The minimum Gasteiger partial charge on any atom is -0.478 e. The molecule has 0 bridgehead atoms. The standard InChI is InChI=1S/C15H21NO5/c1-3-21-6-4-5-14(17)16-13-8-11(10-20-2)7-12(9-13)15(18)19/h7-9H,3-6,10H2,1-2H3,(H,16,17)(H,18,19). The van der Waals surface area contributed by atoms with E-state index >= 15 is 0 Å². The van der Waals surface area contributed by atoms with Gasteiger partial charge in [0.25, 0.3) is 0 Å². The second-order valence-electron chi connectivity index (χ2n) is 4.51. The van der Waals surface area contributed by atoms with Crippen molar-refractivity contribution in [3.8, 4) is 0 Å². The summed E-state index contributed by atoms with van der Waals surface area (Å²) in [5.41, 5.74) is 1.28. The van der Waals surface area contributed by atoms with E-state index < -0.39 is 5.97 Å². The van der Waals surface area contributed by atoms with Gasteiger partial charge in [0.2, 0.25) is 5.91 Å². The lowest BCUT2D eigenvalue weighted by atomic mass is 10.1. The smallest absolute Gasteiger partial charge is 0.335 e. The maximum atomic E-state index is 11.8. The number of hydrogen-bond donors (Lipinski definition) is 2. The molecule has 1 aromatic rings. The number of hydrogen-bond acceptors (Lipinski definition) is 4. The number of carboxylic acids is 1. The van der Waals surface area contributed by atoms with Crippen LogP contribution < -0.4 is 5.32 Å². The molecule has 0 fully saturated rings. The summed E-state index contributed by atoms with van der Waals surface area (Å²) < 4.78 is 10.2. The Hall–Kier alpha value is -1.92. The van der Waals surface area contributed by atoms with Gasteiger partial charge in [0, 0.05) is 32.4 Å². The number of benzene rings is 1. The topological polar surface area (TPSA) is 84.9 Å². The molecule has 0 saturated carbocycles. The number of nitrogens with one attached hydrogen (secondary N) is 1. The highest BCUT2D eigenvalue weighted by molar-refractivity contribution is 5.94. The van der Waals surface area contributed by atoms with Crippen molar-refractivity contribution >= 4 is 17.6 Å². The molecule has 0 aliphatic rings. The highest BCUT2D eigenvalue weighted by Gasteiger charge is 2.09. The Morgan fingerprint density at radius 2 is 2.05 bits per heavy atom. The molecule has 0 atom stereocenters. The van der Waals surface area contributed by atoms with Crippen LogP contribution in [0.15, 0.2) is 18.2 Å². The molecular weight excluding hydrogens is 274 g/mol. The fourth-order valence-corrected chi connectivity index (χ4v) is 1.84. The predicted molar refractivity (Wildman–Crippen MR) is 78.5 cm³/mol. The van der Waals surface area contributed by atoms with Crippen molar-refractivity contribution in [2.45, 2.75) is 26.4 Å². The minimum atomic E-state index is -1.04. The molecule has 0 unspecified atom stereocenters. The Kier molecular flexibility index (Phi) is 7.42. The van der Waals surface area contributed by atoms with Gasteiger partial charge in [0.15, 0.2) is 0 Å². The SMILES string of the molecule is CCOCCCC(=O)Nc1cc(COC)cc(C(=O)O)c1. The third kappa shape index (κ3) is 6.37. The summed E-state index contributed by atoms with van der Waals surface area (Å²) in [6.45, 7) is 3.35. The van der Waals surface area contributed by atoms with Crippen LogP contribution in [0.4, 0.5) is 5.69 Å². The number of rotatable bonds is 9. The normalized spacial score (nSPS) is 10.4. The van der Waals surface area contributed by atoms with Crippen molar-refractivity contribution in [1.29, 1.82) is 0 Å². The molecule has 2 N–H and O–H groups in total. The molecule has 6 nitrogen and oxygen atoms in total. The summed E-state index contributed by atoms with van der Waals surface area (Å²) in [6.07, 6.45) is 0.958. The average Bonchev–Trinajstić information content (AvgIpc) is 2.43. The lowest BCUT2D eigenvalue weighted by Crippen LogP contribution is -2.13. The summed E-state index contributed by atoms with van der Waals surface area (Å²) in [5, 5.41) is 11.8. The van der Waals surface area contributed by atoms with Gasteiger partial charge in [-0.3, -0.25) is 4.79 Å². The number of carbonyl (C=O) groups excluding carboxylic acids is 1. The van der Waals surface area contributed by atoms with Crippen LogP contribution >= 0.6 is 0 Å². The first-order chi connectivity index (χ1) is 10.1. The number of amides is 1. The number of ether oxygens (including phenoxy) is 2. The molecule has 0 aliphatic heterocycles. The van der Waals surface area contributed by atoms with E-state index in [1.54, 1.807) is 6.07 Å². The molecule has 0 spiro atoms. The van der Waals surface area contributed by atoms with Crippen LogP contribution in [-0.4, -0.2) is 37.3 Å². The summed E-state index contributed by atoms with van der Waals surface area (Å²) >= 11 is 0. The molecule has 116 valence electrons. The van der Waals surface area contributed by atoms with Crippen LogP contribution in [0.1, 0.15) is 35.7 Å². The molecule has 0 aliphatic carbocycles. The molecule has 21 heavy (non-hydrogen) atoms. The molecule has 0 aromatic heterocycles. The molecule has 0 radical (unpaired) electrons. The molecule has 0 heterocycles. The number of methoxy groups -OCH3 is 1. The van der Waals surface area contributed by atoms with Crippen LogP contribution in [0, 0.1) is 0 Å². The summed E-state index contributed by atoms with van der Waals surface area (Å²) in [6, 6.07) is 4.66. The van der Waals surface area contributed by atoms with Gasteiger partial charge in [-0.2, -0.15) is 0 Å². The first-order valence-electron chi connectivity index (χ1n) is 6.80. The maximum Gasteiger partial charge on any atom is 0.335 e. The lowest BCUT2D eigenvalue weighted by Gasteiger charge is -2.09. The van der Waals surface area contributed by atoms with Crippen molar-refractivity contribution in [3.63, 3.8) is 0 Å². The highest BCUT2D eigenvalue weighted by Crippen LogP contribution is 2.16. The summed E-state index contributed by atoms with van der Waals surface area (Å²) in [7, 11) is 1.53. The number of carbonyl (C=O) groups is 2. The molecule has 1 rings (SSSR count). The van der Waals surface area contributed by atoms with E-state index in [2.05, 4.69) is 5.32 Å². The lowest BCUT2D eigenvalue weighted by molar-refractivity contribution is -0.116. The van der Waals surface area contributed by atoms with E-state index in [1.807, 2.05) is 6.92 Å². The Balaban J connectivity index is 2.68. The van der Waals surface area contributed by atoms with Crippen molar-refractivity contribution in [2.24, 2.45) is 0 Å². The molecule has 1 aromatic carbocycles. The molecule has 6 heteroatoms. The van der Waals surface area contributed by atoms with E-state index in [0.717, 1.165) is 0 Å². The van der Waals surface area contributed by atoms with Crippen LogP contribution in [0.3, 0.4) is 0 Å². The van der Waals surface area contributed by atoms with Crippen LogP contribution in [0.2, 0.25) is 0 Å². The zero-order valence-electron chi connectivity index (χ0n) is 12.3. The van der Waals surface area contributed by atoms with E-state index in [1.165, 1.54) is 19.2 Å². The van der Waals surface area contributed by atoms with Gasteiger partial charge in [0.05, 0.1) is 12.2 Å². The van der Waals surface area contributed by atoms with Gasteiger partial charge in [-0.1, -0.05) is 0 Å². The van der Waals surface area contributed by atoms with Gasteiger partial charge < -0.3 is 19.9 Å². The summed E-state index contributed by atoms with van der Waals surface area (Å²) in [4.78, 5) is 22.8. The van der Waals surface area contributed by atoms with Crippen LogP contribution in [0.25, 0.3) is 0 Å². The number of aromatic carboxylic acids is 1. The fourth-order valence-electron chi connectivity index (χ4n) is 1.84. The molecule has 0 saturated heterocycles. The monoisotopic (exact) mass is 295 g/mol. The van der Waals surface area contributed by atoms with Crippen molar-refractivity contribution in [3.05, 3.63) is 29.3 Å². The predicted octanol–water partition coefficient (Wildman–Crippen LogP) is 2.29. The van der Waals surface area contributed by atoms with E-state index in [-0.39, 0.29) is 18.1 Å². The zero-order chi connectivity index (χ0) is 15.7. The number of carboxylic acid groups (broad SMARTS) is 1. The van der Waals surface area contributed by atoms with Gasteiger partial charge in [-0.25, -0.2) is 4.79 Å². The number of anilines is 1. The molecular formula is C15H21NO5. The van der Waals surface area contributed by atoms with E-state index in [4.69, 9.17) is 14.6 Å². The third-order valence-corrected chi connectivity index (χ3v) is 2.73. The Morgan fingerprint density at radius 1 is 1.29 bits per heavy atom. The highest BCUT2D eigenvalue weighted by atomic mass is 16.5.